The molecule has 2 fully saturated rings. The molecule has 186 valence electrons. The third-order valence-corrected chi connectivity index (χ3v) is 6.04. The van der Waals surface area contributed by atoms with E-state index in [0.29, 0.717) is 29.0 Å². The topological polar surface area (TPSA) is 131 Å². The maximum absolute atomic E-state index is 12.4. The molecule has 0 saturated carbocycles. The van der Waals surface area contributed by atoms with Crippen LogP contribution in [0.3, 0.4) is 0 Å². The quantitative estimate of drug-likeness (QED) is 0.419. The number of nitrogens with zero attached hydrogens (tertiary/aromatic N) is 3. The summed E-state index contributed by atoms with van der Waals surface area (Å²) in [6.45, 7) is 1.77. The van der Waals surface area contributed by atoms with E-state index in [1.54, 1.807) is 30.3 Å². The van der Waals surface area contributed by atoms with Crippen molar-refractivity contribution in [2.75, 3.05) is 40.4 Å². The molecule has 2 saturated heterocycles. The Labute approximate surface area is 206 Å². The lowest BCUT2D eigenvalue weighted by molar-refractivity contribution is 0.00706. The first kappa shape index (κ1) is 23.8. The highest BCUT2D eigenvalue weighted by Crippen LogP contribution is 2.33. The van der Waals surface area contributed by atoms with Crippen LogP contribution in [0, 0.1) is 0 Å². The standard InChI is InChI=1S/C23H26ClN5O6/c1-29(2)7-6-25-21(31)12-4-3-5-13(8-12)34-22-14(24)9-15-20(27-22)28-23(26-15)35-17-11-33-18-16(30)10-32-19(17)18/h3-5,8-9,16-19,30H,6-7,10-11H2,1-2H3,(H,25,31)(H,26,27,28)/t16-,17-,18-,19-/m1/s1. The van der Waals surface area contributed by atoms with E-state index in [2.05, 4.69) is 20.3 Å². The molecule has 4 atom stereocenters. The highest BCUT2D eigenvalue weighted by Gasteiger charge is 2.48. The Morgan fingerprint density at radius 3 is 2.91 bits per heavy atom. The van der Waals surface area contributed by atoms with Crippen LogP contribution in [0.4, 0.5) is 0 Å². The molecule has 0 bridgehead atoms. The Bertz CT molecular complexity index is 1220. The molecule has 2 aliphatic heterocycles. The summed E-state index contributed by atoms with van der Waals surface area (Å²) < 4.78 is 22.9. The van der Waals surface area contributed by atoms with E-state index in [-0.39, 0.29) is 42.1 Å². The second-order valence-electron chi connectivity index (χ2n) is 8.70. The number of aliphatic hydroxyl groups is 1. The first-order valence-electron chi connectivity index (χ1n) is 11.2. The van der Waals surface area contributed by atoms with Crippen molar-refractivity contribution in [2.45, 2.75) is 24.4 Å². The molecule has 4 heterocycles. The van der Waals surface area contributed by atoms with Gasteiger partial charge in [-0.15, -0.1) is 0 Å². The van der Waals surface area contributed by atoms with Crippen molar-refractivity contribution in [1.29, 1.82) is 0 Å². The normalized spacial score (nSPS) is 23.6. The van der Waals surface area contributed by atoms with Crippen LogP contribution < -0.4 is 14.8 Å². The second-order valence-corrected chi connectivity index (χ2v) is 9.10. The predicted molar refractivity (Wildman–Crippen MR) is 126 cm³/mol. The number of benzene rings is 1. The molecule has 0 aliphatic carbocycles. The Balaban J connectivity index is 1.28. The zero-order valence-corrected chi connectivity index (χ0v) is 20.0. The van der Waals surface area contributed by atoms with Gasteiger partial charge in [0, 0.05) is 18.7 Å². The maximum atomic E-state index is 12.4. The lowest BCUT2D eigenvalue weighted by Crippen LogP contribution is -2.34. The Morgan fingerprint density at radius 2 is 2.09 bits per heavy atom. The van der Waals surface area contributed by atoms with Crippen molar-refractivity contribution in [2.24, 2.45) is 0 Å². The fourth-order valence-corrected chi connectivity index (χ4v) is 4.19. The number of pyridine rings is 1. The molecule has 2 aromatic heterocycles. The summed E-state index contributed by atoms with van der Waals surface area (Å²) >= 11 is 6.39. The Morgan fingerprint density at radius 1 is 1.26 bits per heavy atom. The smallest absolute Gasteiger partial charge is 0.296 e. The van der Waals surface area contributed by atoms with Gasteiger partial charge in [-0.3, -0.25) is 4.79 Å². The SMILES string of the molecule is CN(C)CCNC(=O)c1cccc(Oc2nc3nc(O[C@@H]4CO[C@H]5[C@@H]4OC[C@H]5O)[nH]c3cc2Cl)c1. The van der Waals surface area contributed by atoms with Crippen molar-refractivity contribution >= 4 is 28.7 Å². The monoisotopic (exact) mass is 503 g/mol. The number of aliphatic hydroxyl groups excluding tert-OH is 1. The van der Waals surface area contributed by atoms with Gasteiger partial charge in [0.2, 0.25) is 5.88 Å². The summed E-state index contributed by atoms with van der Waals surface area (Å²) in [5, 5.41) is 13.0. The third-order valence-electron chi connectivity index (χ3n) is 5.77. The number of halogens is 1. The number of H-pyrrole nitrogens is 1. The van der Waals surface area contributed by atoms with Crippen molar-refractivity contribution in [1.82, 2.24) is 25.2 Å². The molecule has 1 aromatic carbocycles. The molecule has 3 aromatic rings. The zero-order chi connectivity index (χ0) is 24.5. The molecule has 3 N–H and O–H groups in total. The highest BCUT2D eigenvalue weighted by atomic mass is 35.5. The first-order valence-corrected chi connectivity index (χ1v) is 11.6. The van der Waals surface area contributed by atoms with E-state index in [4.69, 9.17) is 30.5 Å². The van der Waals surface area contributed by atoms with Crippen LogP contribution in [-0.2, 0) is 9.47 Å². The molecule has 5 rings (SSSR count). The van der Waals surface area contributed by atoms with Gasteiger partial charge in [0.05, 0.1) is 18.7 Å². The average molecular weight is 504 g/mol. The van der Waals surface area contributed by atoms with Crippen LogP contribution in [0.2, 0.25) is 5.02 Å². The molecule has 0 radical (unpaired) electrons. The van der Waals surface area contributed by atoms with Crippen LogP contribution in [0.1, 0.15) is 10.4 Å². The summed E-state index contributed by atoms with van der Waals surface area (Å²) in [4.78, 5) is 26.2. The second kappa shape index (κ2) is 9.96. The van der Waals surface area contributed by atoms with E-state index in [0.717, 1.165) is 6.54 Å². The molecule has 0 unspecified atom stereocenters. The van der Waals surface area contributed by atoms with Crippen LogP contribution in [0.5, 0.6) is 17.6 Å². The van der Waals surface area contributed by atoms with Gasteiger partial charge in [-0.25, -0.2) is 0 Å². The highest BCUT2D eigenvalue weighted by molar-refractivity contribution is 6.32. The van der Waals surface area contributed by atoms with Gasteiger partial charge >= 0.3 is 0 Å². The summed E-state index contributed by atoms with van der Waals surface area (Å²) in [6.07, 6.45) is -1.83. The number of imidazole rings is 1. The minimum Gasteiger partial charge on any atom is -0.456 e. The van der Waals surface area contributed by atoms with E-state index in [1.807, 2.05) is 19.0 Å². The predicted octanol–water partition coefficient (Wildman–Crippen LogP) is 1.60. The molecule has 1 amide bonds. The number of aromatic amines is 1. The van der Waals surface area contributed by atoms with Gasteiger partial charge in [-0.05, 0) is 38.4 Å². The lowest BCUT2D eigenvalue weighted by atomic mass is 10.1. The van der Waals surface area contributed by atoms with Crippen LogP contribution in [0.25, 0.3) is 11.2 Å². The van der Waals surface area contributed by atoms with Gasteiger partial charge in [-0.1, -0.05) is 17.7 Å². The van der Waals surface area contributed by atoms with Crippen molar-refractivity contribution in [3.63, 3.8) is 0 Å². The summed E-state index contributed by atoms with van der Waals surface area (Å²) in [5.41, 5.74) is 1.37. The average Bonchev–Trinajstić information content (AvgIpc) is 3.51. The fourth-order valence-electron chi connectivity index (χ4n) is 4.00. The Kier molecular flexibility index (Phi) is 6.76. The van der Waals surface area contributed by atoms with Crippen molar-refractivity contribution in [3.8, 4) is 17.6 Å². The number of hydrogen-bond donors (Lipinski definition) is 3. The van der Waals surface area contributed by atoms with E-state index in [1.165, 1.54) is 0 Å². The number of carbonyl (C=O) groups is 1. The van der Waals surface area contributed by atoms with Crippen LogP contribution >= 0.6 is 11.6 Å². The van der Waals surface area contributed by atoms with Crippen LogP contribution in [0.15, 0.2) is 30.3 Å². The number of ether oxygens (including phenoxy) is 4. The molecular formula is C23H26ClN5O6. The largest absolute Gasteiger partial charge is 0.456 e. The molecule has 2 aliphatic rings. The summed E-state index contributed by atoms with van der Waals surface area (Å²) in [5.74, 6) is 0.365. The van der Waals surface area contributed by atoms with Gasteiger partial charge in [0.25, 0.3) is 11.9 Å². The molecule has 12 heteroatoms. The number of rotatable bonds is 8. The van der Waals surface area contributed by atoms with E-state index in [9.17, 15) is 9.90 Å². The minimum atomic E-state index is -0.660. The van der Waals surface area contributed by atoms with E-state index >= 15 is 0 Å². The molecular weight excluding hydrogens is 478 g/mol. The van der Waals surface area contributed by atoms with Gasteiger partial charge < -0.3 is 39.3 Å². The number of amides is 1. The van der Waals surface area contributed by atoms with Gasteiger partial charge in [0.15, 0.2) is 11.8 Å². The lowest BCUT2D eigenvalue weighted by Gasteiger charge is -2.15. The van der Waals surface area contributed by atoms with Crippen molar-refractivity contribution < 1.29 is 28.8 Å². The number of hydrogen-bond acceptors (Lipinski definition) is 9. The third kappa shape index (κ3) is 5.19. The number of nitrogens with one attached hydrogen (secondary N) is 2. The van der Waals surface area contributed by atoms with Crippen molar-refractivity contribution in [3.05, 3.63) is 40.9 Å². The summed E-state index contributed by atoms with van der Waals surface area (Å²) in [6, 6.07) is 8.64. The zero-order valence-electron chi connectivity index (χ0n) is 19.2. The minimum absolute atomic E-state index is 0.147. The van der Waals surface area contributed by atoms with Crippen LogP contribution in [-0.4, -0.2) is 95.7 Å². The molecule has 11 nitrogen and oxygen atoms in total. The summed E-state index contributed by atoms with van der Waals surface area (Å²) in [7, 11) is 3.88. The van der Waals surface area contributed by atoms with Gasteiger partial charge in [0.1, 0.15) is 29.1 Å². The van der Waals surface area contributed by atoms with E-state index < -0.39 is 18.3 Å². The molecule has 35 heavy (non-hydrogen) atoms. The number of likely N-dealkylation sites (N-methyl/N-ethyl adjacent to an activating group) is 1. The number of aromatic nitrogens is 3. The number of carbonyl (C=O) groups excluding carboxylic acids is 1. The fraction of sp³-hybridized carbons (Fsp3) is 0.435. The number of fused-ring (bicyclic) bond motifs is 2. The molecule has 0 spiro atoms. The maximum Gasteiger partial charge on any atom is 0.296 e. The van der Waals surface area contributed by atoms with Gasteiger partial charge in [-0.2, -0.15) is 9.97 Å². The Hall–Kier alpha value is -2.96. The first-order chi connectivity index (χ1) is 16.9.